The molecule has 0 bridgehead atoms. The summed E-state index contributed by atoms with van der Waals surface area (Å²) in [5, 5.41) is 34.2. The number of hydrogen-bond acceptors (Lipinski definition) is 10. The molecule has 14 nitrogen and oxygen atoms in total. The van der Waals surface area contributed by atoms with Gasteiger partial charge in [-0.25, -0.2) is 0 Å². The van der Waals surface area contributed by atoms with Crippen molar-refractivity contribution < 1.29 is 49.1 Å². The predicted molar refractivity (Wildman–Crippen MR) is 214 cm³/mol. The number of hydrogen-bond donors (Lipinski definition) is 7. The number of aromatic nitrogens is 2. The van der Waals surface area contributed by atoms with E-state index in [2.05, 4.69) is 46.6 Å². The Morgan fingerprint density at radius 2 is 0.929 bits per heavy atom. The molecule has 0 unspecified atom stereocenters. The Kier molecular flexibility index (Phi) is 8.42. The minimum absolute atomic E-state index is 0.0271. The summed E-state index contributed by atoms with van der Waals surface area (Å²) in [6, 6.07) is 30.1. The van der Waals surface area contributed by atoms with Crippen LogP contribution in [0.1, 0.15) is 0 Å². The number of benzene rings is 9. The first-order chi connectivity index (χ1) is 26.4. The van der Waals surface area contributed by atoms with Gasteiger partial charge >= 0.3 is 0 Å². The average molecular weight is 810 g/mol. The van der Waals surface area contributed by atoms with Crippen molar-refractivity contribution in [2.45, 2.75) is 14.7 Å². The molecule has 0 amide bonds. The molecule has 1 aromatic heterocycles. The number of H-pyrrole nitrogens is 1. The van der Waals surface area contributed by atoms with Crippen molar-refractivity contribution >= 4 is 112 Å². The molecule has 10 rings (SSSR count). The zero-order valence-corrected chi connectivity index (χ0v) is 30.9. The van der Waals surface area contributed by atoms with Gasteiger partial charge in [0, 0.05) is 60.2 Å². The van der Waals surface area contributed by atoms with Gasteiger partial charge in [0.15, 0.2) is 0 Å². The molecule has 0 aliphatic carbocycles. The van der Waals surface area contributed by atoms with Crippen molar-refractivity contribution in [3.05, 3.63) is 115 Å². The van der Waals surface area contributed by atoms with E-state index in [0.717, 1.165) is 40.2 Å². The first-order valence-corrected chi connectivity index (χ1v) is 20.7. The van der Waals surface area contributed by atoms with Crippen LogP contribution in [0.5, 0.6) is 11.5 Å². The Morgan fingerprint density at radius 1 is 0.464 bits per heavy atom. The topological polar surface area (TPSA) is 258 Å². The number of nitrogens with one attached hydrogen (secondary N) is 1. The van der Waals surface area contributed by atoms with Crippen LogP contribution in [-0.2, 0) is 30.4 Å². The van der Waals surface area contributed by atoms with E-state index in [1.54, 1.807) is 12.3 Å². The molecule has 9 aromatic carbocycles. The highest BCUT2D eigenvalue weighted by Gasteiger charge is 2.28. The third-order valence-electron chi connectivity index (χ3n) is 9.57. The number of nitrogen functional groups attached to an aromatic ring is 1. The SMILES string of the molecule is Nc1ccc2[nH]ncc2c1.O=S(=O)(O)c1cc(O)c2ccc3c(S(=O)(=O)O)cc(S(=O)(=O)O)c4ccc1c2c34.Oc1ccc2ccc3cccc4ccc1c2c34. The lowest BCUT2D eigenvalue weighted by molar-refractivity contribution is 0.471. The highest BCUT2D eigenvalue weighted by atomic mass is 32.2. The highest BCUT2D eigenvalue weighted by molar-refractivity contribution is 7.87. The van der Waals surface area contributed by atoms with E-state index >= 15 is 0 Å². The monoisotopic (exact) mass is 809 g/mol. The summed E-state index contributed by atoms with van der Waals surface area (Å²) in [6.45, 7) is 0. The number of nitrogens with zero attached hydrogens (tertiary/aromatic N) is 1. The van der Waals surface area contributed by atoms with Crippen LogP contribution in [0.15, 0.2) is 130 Å². The van der Waals surface area contributed by atoms with E-state index in [1.807, 2.05) is 30.3 Å². The van der Waals surface area contributed by atoms with Crippen molar-refractivity contribution in [3.63, 3.8) is 0 Å². The van der Waals surface area contributed by atoms with E-state index < -0.39 is 50.8 Å². The van der Waals surface area contributed by atoms with Gasteiger partial charge in [-0.1, -0.05) is 66.7 Å². The predicted octanol–water partition coefficient (Wildman–Crippen LogP) is 7.46. The van der Waals surface area contributed by atoms with Gasteiger partial charge in [-0.3, -0.25) is 18.8 Å². The summed E-state index contributed by atoms with van der Waals surface area (Å²) in [5.74, 6) is -0.221. The molecular formula is C39H27N3O11S3. The highest BCUT2D eigenvalue weighted by Crippen LogP contribution is 2.45. The molecule has 282 valence electrons. The van der Waals surface area contributed by atoms with E-state index in [-0.39, 0.29) is 32.3 Å². The number of phenolic OH excluding ortho intramolecular Hbond substituents is 2. The second kappa shape index (κ2) is 12.9. The molecule has 1 heterocycles. The Bertz CT molecular complexity index is 3480. The number of rotatable bonds is 3. The Balaban J connectivity index is 0.000000136. The van der Waals surface area contributed by atoms with Gasteiger partial charge in [0.2, 0.25) is 0 Å². The molecule has 0 aliphatic heterocycles. The van der Waals surface area contributed by atoms with Crippen LogP contribution in [0.25, 0.3) is 75.5 Å². The molecule has 0 saturated heterocycles. The van der Waals surface area contributed by atoms with Crippen molar-refractivity contribution in [3.8, 4) is 11.5 Å². The van der Waals surface area contributed by atoms with Crippen molar-refractivity contribution in [1.29, 1.82) is 0 Å². The molecule has 0 saturated carbocycles. The van der Waals surface area contributed by atoms with E-state index in [0.29, 0.717) is 11.8 Å². The molecule has 17 heteroatoms. The second-order valence-corrected chi connectivity index (χ2v) is 17.1. The van der Waals surface area contributed by atoms with Gasteiger partial charge in [0.05, 0.1) is 11.7 Å². The molecular weight excluding hydrogens is 783 g/mol. The van der Waals surface area contributed by atoms with Gasteiger partial charge in [-0.2, -0.15) is 30.4 Å². The summed E-state index contributed by atoms with van der Waals surface area (Å²) in [4.78, 5) is -2.38. The minimum Gasteiger partial charge on any atom is -0.507 e. The van der Waals surface area contributed by atoms with Gasteiger partial charge < -0.3 is 15.9 Å². The number of phenols is 2. The zero-order chi connectivity index (χ0) is 39.9. The molecule has 0 aliphatic rings. The van der Waals surface area contributed by atoms with Gasteiger partial charge in [0.25, 0.3) is 30.4 Å². The van der Waals surface area contributed by atoms with Crippen LogP contribution in [-0.4, -0.2) is 59.3 Å². The Labute approximate surface area is 316 Å². The molecule has 10 aromatic rings. The van der Waals surface area contributed by atoms with Crippen LogP contribution in [0.4, 0.5) is 5.69 Å². The fourth-order valence-corrected chi connectivity index (χ4v) is 9.41. The number of fused-ring (bicyclic) bond motifs is 1. The van der Waals surface area contributed by atoms with Crippen molar-refractivity contribution in [1.82, 2.24) is 10.2 Å². The van der Waals surface area contributed by atoms with Gasteiger partial charge in [0.1, 0.15) is 26.2 Å². The maximum Gasteiger partial charge on any atom is 0.295 e. The molecule has 0 spiro atoms. The van der Waals surface area contributed by atoms with Crippen molar-refractivity contribution in [2.24, 2.45) is 0 Å². The third-order valence-corrected chi connectivity index (χ3v) is 12.2. The second-order valence-electron chi connectivity index (χ2n) is 12.9. The van der Waals surface area contributed by atoms with Crippen LogP contribution in [0.3, 0.4) is 0 Å². The van der Waals surface area contributed by atoms with E-state index in [1.165, 1.54) is 39.1 Å². The smallest absolute Gasteiger partial charge is 0.295 e. The van der Waals surface area contributed by atoms with Crippen LogP contribution in [0.2, 0.25) is 0 Å². The number of nitrogens with two attached hydrogens (primary N) is 1. The van der Waals surface area contributed by atoms with E-state index in [9.17, 15) is 49.1 Å². The van der Waals surface area contributed by atoms with E-state index in [4.69, 9.17) is 5.73 Å². The fraction of sp³-hybridized carbons (Fsp3) is 0. The minimum atomic E-state index is -4.96. The first kappa shape index (κ1) is 36.6. The Hall–Kier alpha value is -6.34. The van der Waals surface area contributed by atoms with Gasteiger partial charge in [-0.05, 0) is 57.9 Å². The van der Waals surface area contributed by atoms with Crippen LogP contribution < -0.4 is 5.73 Å². The largest absolute Gasteiger partial charge is 0.507 e. The summed E-state index contributed by atoms with van der Waals surface area (Å²) in [6.07, 6.45) is 1.76. The summed E-state index contributed by atoms with van der Waals surface area (Å²) >= 11 is 0. The summed E-state index contributed by atoms with van der Waals surface area (Å²) in [7, 11) is -14.8. The standard InChI is InChI=1S/C16H10O10S3.C16H10O.C7H7N3/c17-11-5-12(27(18,19)20)8-3-4-10-14(29(24,25)26)6-13(28(21,22)23)9-2-1-7(11)15(8)16(9)10;17-14-9-7-12-5-4-10-2-1-3-11-6-8-13(14)16(12)15(10)11;8-6-1-2-7-5(3-6)4-9-10-7/h1-6,17H,(H,18,19,20)(H,21,22,23)(H,24,25,26);1-9,17H;1-4H,8H2,(H,9,10). The van der Waals surface area contributed by atoms with Crippen LogP contribution >= 0.6 is 0 Å². The zero-order valence-electron chi connectivity index (χ0n) is 28.4. The van der Waals surface area contributed by atoms with Gasteiger partial charge in [-0.15, -0.1) is 0 Å². The van der Waals surface area contributed by atoms with Crippen molar-refractivity contribution in [2.75, 3.05) is 5.73 Å². The third kappa shape index (κ3) is 6.17. The summed E-state index contributed by atoms with van der Waals surface area (Å²) in [5.41, 5.74) is 7.34. The quantitative estimate of drug-likeness (QED) is 0.0520. The molecule has 0 fully saturated rings. The number of aromatic hydroxyl groups is 2. The lowest BCUT2D eigenvalue weighted by Crippen LogP contribution is -2.06. The lowest BCUT2D eigenvalue weighted by atomic mass is 9.94. The maximum absolute atomic E-state index is 11.8. The number of aromatic amines is 1. The molecule has 0 atom stereocenters. The summed E-state index contributed by atoms with van der Waals surface area (Å²) < 4.78 is 99.5. The molecule has 8 N–H and O–H groups in total. The molecule has 0 radical (unpaired) electrons. The molecule has 56 heavy (non-hydrogen) atoms. The maximum atomic E-state index is 11.8. The lowest BCUT2D eigenvalue weighted by Gasteiger charge is -2.17. The fourth-order valence-electron chi connectivity index (χ4n) is 7.20. The first-order valence-electron chi connectivity index (χ1n) is 16.4. The normalized spacial score (nSPS) is 12.5. The average Bonchev–Trinajstić information content (AvgIpc) is 3.61. The van der Waals surface area contributed by atoms with Crippen LogP contribution in [0, 0.1) is 0 Å². The Morgan fingerprint density at radius 3 is 1.52 bits per heavy atom. The number of anilines is 1.